The summed E-state index contributed by atoms with van der Waals surface area (Å²) in [5.41, 5.74) is 3.03. The zero-order valence-electron chi connectivity index (χ0n) is 23.1. The Morgan fingerprint density at radius 2 is 1.68 bits per heavy atom. The van der Waals surface area contributed by atoms with E-state index < -0.39 is 8.32 Å². The number of carbonyl (C=O) groups excluding carboxylic acids is 1. The fourth-order valence-corrected chi connectivity index (χ4v) is 4.70. The highest BCUT2D eigenvalue weighted by Crippen LogP contribution is 2.37. The monoisotopic (exact) mass is 526 g/mol. The Kier molecular flexibility index (Phi) is 9.36. The largest absolute Gasteiger partial charge is 0.465 e. The molecule has 0 atom stereocenters. The van der Waals surface area contributed by atoms with Crippen LogP contribution in [-0.2, 0) is 41.6 Å². The molecule has 0 aliphatic carbocycles. The zero-order chi connectivity index (χ0) is 27.2. The molecule has 0 unspecified atom stereocenters. The zero-order valence-corrected chi connectivity index (χ0v) is 24.1. The highest BCUT2D eigenvalue weighted by atomic mass is 28.4. The van der Waals surface area contributed by atoms with E-state index in [4.69, 9.17) is 14.1 Å². The second-order valence-corrected chi connectivity index (χ2v) is 15.6. The number of benzene rings is 1. The molecule has 0 amide bonds. The molecule has 0 bridgehead atoms. The van der Waals surface area contributed by atoms with Gasteiger partial charge in [0.1, 0.15) is 17.5 Å². The van der Waals surface area contributed by atoms with Gasteiger partial charge in [0.2, 0.25) is 0 Å². The average Bonchev–Trinajstić information content (AvgIpc) is 3.24. The first-order valence-corrected chi connectivity index (χ1v) is 15.7. The van der Waals surface area contributed by atoms with Crippen molar-refractivity contribution in [3.05, 3.63) is 76.4 Å². The molecule has 7 nitrogen and oxygen atoms in total. The molecule has 37 heavy (non-hydrogen) atoms. The number of aryl methyl sites for hydroxylation is 3. The van der Waals surface area contributed by atoms with Crippen LogP contribution in [0.25, 0.3) is 0 Å². The van der Waals surface area contributed by atoms with Crippen molar-refractivity contribution in [3.8, 4) is 0 Å². The number of hydrogen-bond acceptors (Lipinski definition) is 6. The third-order valence-electron chi connectivity index (χ3n) is 7.05. The predicted molar refractivity (Wildman–Crippen MR) is 144 cm³/mol. The van der Waals surface area contributed by atoms with Crippen LogP contribution in [0.3, 0.4) is 0 Å². The van der Waals surface area contributed by atoms with Crippen molar-refractivity contribution in [2.45, 2.75) is 84.7 Å². The van der Waals surface area contributed by atoms with Gasteiger partial charge in [-0.05, 0) is 60.8 Å². The van der Waals surface area contributed by atoms with Crippen molar-refractivity contribution >= 4 is 14.3 Å². The number of esters is 1. The number of hydrogen-bond donors (Lipinski definition) is 0. The van der Waals surface area contributed by atoms with Gasteiger partial charge in [-0.1, -0.05) is 39.8 Å². The Hall–Kier alpha value is -2.91. The highest BCUT2D eigenvalue weighted by molar-refractivity contribution is 6.74. The van der Waals surface area contributed by atoms with Crippen molar-refractivity contribution in [1.29, 1.82) is 0 Å². The molecule has 0 spiro atoms. The van der Waals surface area contributed by atoms with Gasteiger partial charge >= 0.3 is 5.97 Å². The molecule has 2 aromatic heterocycles. The minimum Gasteiger partial charge on any atom is -0.465 e. The summed E-state index contributed by atoms with van der Waals surface area (Å²) < 4.78 is 26.8. The molecule has 0 radical (unpaired) electrons. The molecule has 0 saturated carbocycles. The van der Waals surface area contributed by atoms with E-state index in [9.17, 15) is 9.18 Å². The first-order valence-electron chi connectivity index (χ1n) is 12.8. The maximum Gasteiger partial charge on any atom is 0.337 e. The summed E-state index contributed by atoms with van der Waals surface area (Å²) in [5.74, 6) is 1.14. The van der Waals surface area contributed by atoms with Crippen LogP contribution in [0, 0.1) is 5.82 Å². The fourth-order valence-electron chi connectivity index (χ4n) is 3.76. The smallest absolute Gasteiger partial charge is 0.337 e. The minimum absolute atomic E-state index is 0.0804. The van der Waals surface area contributed by atoms with Gasteiger partial charge in [-0.25, -0.2) is 9.18 Å². The second kappa shape index (κ2) is 12.1. The summed E-state index contributed by atoms with van der Waals surface area (Å²) in [6, 6.07) is 10.1. The molecule has 0 aliphatic rings. The average molecular weight is 527 g/mol. The number of pyridine rings is 1. The van der Waals surface area contributed by atoms with Gasteiger partial charge in [-0.15, -0.1) is 10.2 Å². The van der Waals surface area contributed by atoms with E-state index in [0.29, 0.717) is 31.6 Å². The Morgan fingerprint density at radius 1 is 1.03 bits per heavy atom. The Balaban J connectivity index is 1.73. The maximum absolute atomic E-state index is 13.3. The summed E-state index contributed by atoms with van der Waals surface area (Å²) in [5, 5.41) is 8.85. The van der Waals surface area contributed by atoms with Crippen LogP contribution in [0.1, 0.15) is 73.1 Å². The highest BCUT2D eigenvalue weighted by Gasteiger charge is 2.37. The Labute approximate surface area is 220 Å². The fraction of sp³-hybridized carbons (Fsp3) is 0.500. The number of methoxy groups -OCH3 is 1. The first kappa shape index (κ1) is 28.7. The van der Waals surface area contributed by atoms with Crippen LogP contribution in [0.5, 0.6) is 0 Å². The van der Waals surface area contributed by atoms with Crippen molar-refractivity contribution in [2.75, 3.05) is 7.11 Å². The number of ether oxygens (including phenoxy) is 1. The first-order chi connectivity index (χ1) is 17.4. The van der Waals surface area contributed by atoms with Crippen molar-refractivity contribution in [1.82, 2.24) is 19.7 Å². The van der Waals surface area contributed by atoms with Crippen LogP contribution in [-0.4, -0.2) is 41.1 Å². The van der Waals surface area contributed by atoms with Crippen molar-refractivity contribution in [3.63, 3.8) is 0 Å². The quantitative estimate of drug-likeness (QED) is 0.228. The lowest BCUT2D eigenvalue weighted by Crippen LogP contribution is -2.40. The number of halogens is 1. The molecule has 0 fully saturated rings. The van der Waals surface area contributed by atoms with Crippen molar-refractivity contribution in [2.24, 2.45) is 0 Å². The van der Waals surface area contributed by atoms with E-state index in [-0.39, 0.29) is 16.8 Å². The summed E-state index contributed by atoms with van der Waals surface area (Å²) >= 11 is 0. The maximum atomic E-state index is 13.3. The number of carbonyl (C=O) groups is 1. The molecule has 3 aromatic rings. The molecule has 0 aliphatic heterocycles. The molecular formula is C28H39FN4O3Si. The molecule has 0 N–H and O–H groups in total. The van der Waals surface area contributed by atoms with Crippen LogP contribution < -0.4 is 0 Å². The predicted octanol–water partition coefficient (Wildman–Crippen LogP) is 5.91. The molecular weight excluding hydrogens is 487 g/mol. The normalized spacial score (nSPS) is 12.1. The number of rotatable bonds is 11. The van der Waals surface area contributed by atoms with E-state index in [1.165, 1.54) is 19.2 Å². The topological polar surface area (TPSA) is 79.1 Å². The molecule has 2 heterocycles. The van der Waals surface area contributed by atoms with Gasteiger partial charge in [0.25, 0.3) is 0 Å². The molecule has 200 valence electrons. The van der Waals surface area contributed by atoms with Gasteiger partial charge in [0.05, 0.1) is 31.5 Å². The molecule has 9 heteroatoms. The SMILES string of the molecule is CCc1nnc(CCCc2cc(C(=O)OC)cc(CO[Si](C)(C)C(C)(C)C)n2)n1Cc1ccc(F)cc1. The van der Waals surface area contributed by atoms with E-state index in [0.717, 1.165) is 41.4 Å². The number of aromatic nitrogens is 4. The van der Waals surface area contributed by atoms with Gasteiger partial charge in [0, 0.05) is 18.5 Å². The molecule has 0 saturated heterocycles. The standard InChI is InChI=1S/C28H39FN4O3Si/c1-8-25-31-32-26(33(25)18-20-12-14-22(29)15-13-20)11-9-10-23-16-21(27(34)35-5)17-24(30-23)19-36-37(6,7)28(2,3)4/h12-17H,8-11,18-19H2,1-7H3. The van der Waals surface area contributed by atoms with Gasteiger partial charge in [-0.3, -0.25) is 4.98 Å². The lowest BCUT2D eigenvalue weighted by molar-refractivity contribution is 0.0600. The van der Waals surface area contributed by atoms with Crippen LogP contribution in [0.15, 0.2) is 36.4 Å². The van der Waals surface area contributed by atoms with Gasteiger partial charge in [0.15, 0.2) is 8.32 Å². The van der Waals surface area contributed by atoms with E-state index >= 15 is 0 Å². The van der Waals surface area contributed by atoms with Gasteiger partial charge in [-0.2, -0.15) is 0 Å². The van der Waals surface area contributed by atoms with Crippen molar-refractivity contribution < 1.29 is 18.3 Å². The summed E-state index contributed by atoms with van der Waals surface area (Å²) in [4.78, 5) is 17.1. The summed E-state index contributed by atoms with van der Waals surface area (Å²) in [6.45, 7) is 14.0. The van der Waals surface area contributed by atoms with E-state index in [1.54, 1.807) is 24.3 Å². The third kappa shape index (κ3) is 7.55. The summed E-state index contributed by atoms with van der Waals surface area (Å²) in [6.07, 6.45) is 2.91. The lowest BCUT2D eigenvalue weighted by Gasteiger charge is -2.36. The van der Waals surface area contributed by atoms with Crippen LogP contribution >= 0.6 is 0 Å². The minimum atomic E-state index is -1.97. The third-order valence-corrected chi connectivity index (χ3v) is 11.5. The second-order valence-electron chi connectivity index (χ2n) is 10.8. The molecule has 3 rings (SSSR count). The Morgan fingerprint density at radius 3 is 2.30 bits per heavy atom. The number of nitrogens with zero attached hydrogens (tertiary/aromatic N) is 4. The Bertz CT molecular complexity index is 1200. The van der Waals surface area contributed by atoms with Crippen LogP contribution in [0.4, 0.5) is 4.39 Å². The van der Waals surface area contributed by atoms with E-state index in [1.807, 2.05) is 6.92 Å². The van der Waals surface area contributed by atoms with E-state index in [2.05, 4.69) is 48.6 Å². The summed E-state index contributed by atoms with van der Waals surface area (Å²) in [7, 11) is -0.583. The van der Waals surface area contributed by atoms with Gasteiger partial charge < -0.3 is 13.7 Å². The lowest BCUT2D eigenvalue weighted by atomic mass is 10.1. The van der Waals surface area contributed by atoms with Crippen LogP contribution in [0.2, 0.25) is 18.1 Å². The molecule has 1 aromatic carbocycles.